The first kappa shape index (κ1) is 19.6. The summed E-state index contributed by atoms with van der Waals surface area (Å²) in [7, 11) is 1.64. The van der Waals surface area contributed by atoms with E-state index in [0.717, 1.165) is 60.9 Å². The quantitative estimate of drug-likeness (QED) is 0.701. The molecule has 1 fully saturated rings. The Hall–Kier alpha value is -2.14. The highest BCUT2D eigenvalue weighted by molar-refractivity contribution is 6.05. The van der Waals surface area contributed by atoms with E-state index < -0.39 is 5.60 Å². The lowest BCUT2D eigenvalue weighted by molar-refractivity contribution is -0.143. The van der Waals surface area contributed by atoms with Crippen LogP contribution < -0.4 is 10.1 Å². The highest BCUT2D eigenvalue weighted by Gasteiger charge is 2.42. The molecule has 146 valence electrons. The molecule has 0 unspecified atom stereocenters. The van der Waals surface area contributed by atoms with Crippen LogP contribution in [0.25, 0.3) is 10.9 Å². The zero-order chi connectivity index (χ0) is 19.3. The van der Waals surface area contributed by atoms with Crippen LogP contribution >= 0.6 is 0 Å². The zero-order valence-corrected chi connectivity index (χ0v) is 16.6. The summed E-state index contributed by atoms with van der Waals surface area (Å²) in [6.07, 6.45) is 7.50. The molecular weight excluding hydrogens is 340 g/mol. The summed E-state index contributed by atoms with van der Waals surface area (Å²) in [6, 6.07) is 7.64. The second kappa shape index (κ2) is 8.70. The average molecular weight is 370 g/mol. The van der Waals surface area contributed by atoms with Crippen LogP contribution in [0.15, 0.2) is 30.5 Å². The summed E-state index contributed by atoms with van der Waals surface area (Å²) < 4.78 is 11.6. The minimum absolute atomic E-state index is 0.0682. The Morgan fingerprint density at radius 1 is 1.37 bits per heavy atom. The van der Waals surface area contributed by atoms with Crippen LogP contribution in [-0.4, -0.2) is 30.2 Å². The minimum Gasteiger partial charge on any atom is -0.491 e. The monoisotopic (exact) mass is 370 g/mol. The Kier molecular flexibility index (Phi) is 6.32. The van der Waals surface area contributed by atoms with Gasteiger partial charge in [0.2, 0.25) is 0 Å². The number of carbonyl (C=O) groups excluding carboxylic acids is 1. The van der Waals surface area contributed by atoms with E-state index in [0.29, 0.717) is 12.5 Å². The number of nitrogens with zero attached hydrogens (tertiary/aromatic N) is 1. The van der Waals surface area contributed by atoms with Crippen LogP contribution in [0.5, 0.6) is 5.75 Å². The maximum atomic E-state index is 13.1. The number of hydrogen-bond acceptors (Lipinski definition) is 4. The molecule has 1 saturated carbocycles. The maximum absolute atomic E-state index is 13.1. The topological polar surface area (TPSA) is 60.5 Å². The normalized spacial score (nSPS) is 22.6. The van der Waals surface area contributed by atoms with E-state index in [1.807, 2.05) is 24.3 Å². The predicted octanol–water partition coefficient (Wildman–Crippen LogP) is 4.95. The largest absolute Gasteiger partial charge is 0.491 e. The molecule has 2 aromatic rings. The van der Waals surface area contributed by atoms with Gasteiger partial charge in [0, 0.05) is 18.7 Å². The lowest BCUT2D eigenvalue weighted by atomic mass is 9.78. The SMILES string of the molecule is CCCCOc1ccc(NC(=O)[C@]2(OC)CCC[C@@H](C)C2)c2cccnc12. The third-order valence-electron chi connectivity index (χ3n) is 5.50. The van der Waals surface area contributed by atoms with Gasteiger partial charge >= 0.3 is 0 Å². The van der Waals surface area contributed by atoms with Crippen LogP contribution in [0.1, 0.15) is 52.4 Å². The van der Waals surface area contributed by atoms with Gasteiger partial charge in [-0.05, 0) is 55.9 Å². The van der Waals surface area contributed by atoms with Crippen molar-refractivity contribution in [3.8, 4) is 5.75 Å². The molecule has 0 radical (unpaired) electrons. The van der Waals surface area contributed by atoms with E-state index in [1.165, 1.54) is 0 Å². The first-order valence-corrected chi connectivity index (χ1v) is 9.97. The standard InChI is InChI=1S/C22H30N2O3/c1-4-5-14-27-19-11-10-18(17-9-7-13-23-20(17)19)24-21(25)22(26-3)12-6-8-16(2)15-22/h7,9-11,13,16H,4-6,8,12,14-15H2,1-3H3,(H,24,25)/t16-,22+/m1/s1. The number of pyridine rings is 1. The number of anilines is 1. The average Bonchev–Trinajstić information content (AvgIpc) is 2.69. The number of hydrogen-bond donors (Lipinski definition) is 1. The summed E-state index contributed by atoms with van der Waals surface area (Å²) in [5, 5.41) is 3.99. The van der Waals surface area contributed by atoms with Crippen LogP contribution in [-0.2, 0) is 9.53 Å². The van der Waals surface area contributed by atoms with Crippen molar-refractivity contribution in [1.29, 1.82) is 0 Å². The maximum Gasteiger partial charge on any atom is 0.256 e. The molecule has 1 N–H and O–H groups in total. The number of unbranched alkanes of at least 4 members (excludes halogenated alkanes) is 1. The van der Waals surface area contributed by atoms with Crippen molar-refractivity contribution in [1.82, 2.24) is 4.98 Å². The van der Waals surface area contributed by atoms with Crippen molar-refractivity contribution in [2.24, 2.45) is 5.92 Å². The second-order valence-electron chi connectivity index (χ2n) is 7.57. The fourth-order valence-electron chi connectivity index (χ4n) is 3.92. The van der Waals surface area contributed by atoms with E-state index in [9.17, 15) is 4.79 Å². The van der Waals surface area contributed by atoms with Crippen molar-refractivity contribution in [3.63, 3.8) is 0 Å². The first-order valence-electron chi connectivity index (χ1n) is 9.97. The van der Waals surface area contributed by atoms with Gasteiger partial charge in [-0.3, -0.25) is 9.78 Å². The molecule has 1 aliphatic carbocycles. The summed E-state index contributed by atoms with van der Waals surface area (Å²) in [5.74, 6) is 1.17. The molecular formula is C22H30N2O3. The van der Waals surface area contributed by atoms with E-state index in [-0.39, 0.29) is 5.91 Å². The summed E-state index contributed by atoms with van der Waals surface area (Å²) in [4.78, 5) is 17.6. The molecule has 0 bridgehead atoms. The number of aromatic nitrogens is 1. The Bertz CT molecular complexity index is 792. The van der Waals surface area contributed by atoms with E-state index in [2.05, 4.69) is 24.1 Å². The van der Waals surface area contributed by atoms with Gasteiger partial charge in [-0.1, -0.05) is 26.7 Å². The molecule has 1 aromatic heterocycles. The van der Waals surface area contributed by atoms with Gasteiger partial charge in [-0.25, -0.2) is 0 Å². The number of benzene rings is 1. The molecule has 1 aliphatic rings. The molecule has 0 spiro atoms. The zero-order valence-electron chi connectivity index (χ0n) is 16.6. The summed E-state index contributed by atoms with van der Waals surface area (Å²) in [6.45, 7) is 4.98. The van der Waals surface area contributed by atoms with Crippen molar-refractivity contribution < 1.29 is 14.3 Å². The van der Waals surface area contributed by atoms with Crippen molar-refractivity contribution in [3.05, 3.63) is 30.5 Å². The van der Waals surface area contributed by atoms with Crippen molar-refractivity contribution in [2.75, 3.05) is 19.0 Å². The molecule has 0 saturated heterocycles. The fourth-order valence-corrected chi connectivity index (χ4v) is 3.92. The number of ether oxygens (including phenoxy) is 2. The van der Waals surface area contributed by atoms with Crippen molar-refractivity contribution >= 4 is 22.5 Å². The van der Waals surface area contributed by atoms with Gasteiger partial charge in [-0.2, -0.15) is 0 Å². The Morgan fingerprint density at radius 3 is 2.96 bits per heavy atom. The molecule has 1 aromatic carbocycles. The fraction of sp³-hybridized carbons (Fsp3) is 0.545. The lowest BCUT2D eigenvalue weighted by Crippen LogP contribution is -2.47. The van der Waals surface area contributed by atoms with E-state index >= 15 is 0 Å². The molecule has 3 rings (SSSR count). The molecule has 5 nitrogen and oxygen atoms in total. The highest BCUT2D eigenvalue weighted by atomic mass is 16.5. The number of nitrogens with one attached hydrogen (secondary N) is 1. The second-order valence-corrected chi connectivity index (χ2v) is 7.57. The van der Waals surface area contributed by atoms with Crippen LogP contribution in [0, 0.1) is 5.92 Å². The smallest absolute Gasteiger partial charge is 0.256 e. The molecule has 5 heteroatoms. The number of carbonyl (C=O) groups is 1. The minimum atomic E-state index is -0.748. The van der Waals surface area contributed by atoms with Crippen molar-refractivity contribution in [2.45, 2.75) is 58.0 Å². The lowest BCUT2D eigenvalue weighted by Gasteiger charge is -2.37. The molecule has 0 aliphatic heterocycles. The Balaban J connectivity index is 1.86. The van der Waals surface area contributed by atoms with Gasteiger partial charge in [-0.15, -0.1) is 0 Å². The number of amides is 1. The van der Waals surface area contributed by atoms with E-state index in [4.69, 9.17) is 9.47 Å². The van der Waals surface area contributed by atoms with Gasteiger partial charge in [0.05, 0.1) is 12.3 Å². The summed E-state index contributed by atoms with van der Waals surface area (Å²) >= 11 is 0. The number of fused-ring (bicyclic) bond motifs is 1. The van der Waals surface area contributed by atoms with Crippen LogP contribution in [0.2, 0.25) is 0 Å². The van der Waals surface area contributed by atoms with Gasteiger partial charge in [0.15, 0.2) is 0 Å². The van der Waals surface area contributed by atoms with Crippen LogP contribution in [0.3, 0.4) is 0 Å². The molecule has 2 atom stereocenters. The molecule has 27 heavy (non-hydrogen) atoms. The predicted molar refractivity (Wildman–Crippen MR) is 108 cm³/mol. The van der Waals surface area contributed by atoms with Gasteiger partial charge < -0.3 is 14.8 Å². The third kappa shape index (κ3) is 4.24. The van der Waals surface area contributed by atoms with Gasteiger partial charge in [0.1, 0.15) is 16.9 Å². The summed E-state index contributed by atoms with van der Waals surface area (Å²) in [5.41, 5.74) is 0.776. The molecule has 1 heterocycles. The molecule has 1 amide bonds. The van der Waals surface area contributed by atoms with Crippen LogP contribution in [0.4, 0.5) is 5.69 Å². The van der Waals surface area contributed by atoms with Gasteiger partial charge in [0.25, 0.3) is 5.91 Å². The number of rotatable bonds is 7. The Labute approximate surface area is 161 Å². The third-order valence-corrected chi connectivity index (χ3v) is 5.50. The highest BCUT2D eigenvalue weighted by Crippen LogP contribution is 2.37. The Morgan fingerprint density at radius 2 is 2.22 bits per heavy atom. The first-order chi connectivity index (χ1) is 13.1. The van der Waals surface area contributed by atoms with E-state index in [1.54, 1.807) is 13.3 Å². The number of methoxy groups -OCH3 is 1.